The molecule has 0 aliphatic heterocycles. The van der Waals surface area contributed by atoms with E-state index in [2.05, 4.69) is 5.16 Å². The van der Waals surface area contributed by atoms with Crippen LogP contribution in [0.5, 0.6) is 0 Å². The summed E-state index contributed by atoms with van der Waals surface area (Å²) in [4.78, 5) is 25.4. The van der Waals surface area contributed by atoms with Crippen molar-refractivity contribution in [1.82, 2.24) is 5.16 Å². The first-order valence-corrected chi connectivity index (χ1v) is 7.01. The van der Waals surface area contributed by atoms with E-state index in [-0.39, 0.29) is 18.2 Å². The topological polar surface area (TPSA) is 83.6 Å². The number of carbonyl (C=O) groups is 2. The number of aliphatic carboxylic acids is 1. The molecule has 0 bridgehead atoms. The van der Waals surface area contributed by atoms with Gasteiger partial charge in [0.1, 0.15) is 11.4 Å². The van der Waals surface area contributed by atoms with Crippen molar-refractivity contribution in [2.45, 2.75) is 47.5 Å². The van der Waals surface area contributed by atoms with Crippen LogP contribution in [0.2, 0.25) is 0 Å². The molecule has 1 heterocycles. The lowest BCUT2D eigenvalue weighted by Crippen LogP contribution is -2.43. The van der Waals surface area contributed by atoms with Crippen molar-refractivity contribution in [2.75, 3.05) is 11.9 Å². The van der Waals surface area contributed by atoms with Crippen LogP contribution < -0.4 is 4.90 Å². The molecule has 1 N–H and O–H groups in total. The van der Waals surface area contributed by atoms with Crippen LogP contribution in [0.4, 0.5) is 5.69 Å². The fourth-order valence-corrected chi connectivity index (χ4v) is 2.93. The van der Waals surface area contributed by atoms with Gasteiger partial charge in [0.2, 0.25) is 5.91 Å². The van der Waals surface area contributed by atoms with E-state index in [0.717, 1.165) is 0 Å². The van der Waals surface area contributed by atoms with Gasteiger partial charge in [0.15, 0.2) is 5.76 Å². The number of aryl methyl sites for hydroxylation is 2. The lowest BCUT2D eigenvalue weighted by molar-refractivity contribution is -0.144. The van der Waals surface area contributed by atoms with Crippen LogP contribution in [-0.2, 0) is 9.59 Å². The van der Waals surface area contributed by atoms with Gasteiger partial charge in [-0.05, 0) is 26.2 Å². The van der Waals surface area contributed by atoms with Crippen molar-refractivity contribution in [3.8, 4) is 0 Å². The first kappa shape index (κ1) is 17.2. The molecule has 0 aliphatic rings. The smallest absolute Gasteiger partial charge is 0.304 e. The van der Waals surface area contributed by atoms with E-state index in [1.165, 1.54) is 4.90 Å². The Morgan fingerprint density at radius 3 is 2.33 bits per heavy atom. The molecule has 1 rings (SSSR count). The Morgan fingerprint density at radius 2 is 1.95 bits per heavy atom. The standard InChI is InChI=1S/C15H24N2O4/c1-9(2)7-15(5,8-12(18)19)14(20)17(6)13-10(3)16-21-11(13)4/h9H,7-8H2,1-6H3,(H,18,19). The predicted octanol–water partition coefficient (Wildman–Crippen LogP) is 2.78. The van der Waals surface area contributed by atoms with Gasteiger partial charge >= 0.3 is 5.97 Å². The number of nitrogens with zero attached hydrogens (tertiary/aromatic N) is 2. The SMILES string of the molecule is Cc1noc(C)c1N(C)C(=O)C(C)(CC(=O)O)CC(C)C. The van der Waals surface area contributed by atoms with Crippen LogP contribution in [0, 0.1) is 25.2 Å². The van der Waals surface area contributed by atoms with Crippen molar-refractivity contribution < 1.29 is 19.2 Å². The van der Waals surface area contributed by atoms with Crippen molar-refractivity contribution in [2.24, 2.45) is 11.3 Å². The van der Waals surface area contributed by atoms with Crippen molar-refractivity contribution in [3.05, 3.63) is 11.5 Å². The second-order valence-electron chi connectivity index (χ2n) is 6.27. The highest BCUT2D eigenvalue weighted by Crippen LogP contribution is 2.35. The van der Waals surface area contributed by atoms with E-state index < -0.39 is 11.4 Å². The Kier molecular flexibility index (Phi) is 5.15. The number of hydrogen-bond acceptors (Lipinski definition) is 4. The second kappa shape index (κ2) is 6.28. The molecule has 1 atom stereocenters. The van der Waals surface area contributed by atoms with Gasteiger partial charge in [0.05, 0.1) is 11.8 Å². The summed E-state index contributed by atoms with van der Waals surface area (Å²) in [6.45, 7) is 9.15. The minimum atomic E-state index is -0.973. The molecule has 0 saturated heterocycles. The van der Waals surface area contributed by atoms with Gasteiger partial charge in [-0.2, -0.15) is 0 Å². The Hall–Kier alpha value is -1.85. The summed E-state index contributed by atoms with van der Waals surface area (Å²) in [5.74, 6) is -0.436. The van der Waals surface area contributed by atoms with E-state index in [0.29, 0.717) is 23.6 Å². The molecular formula is C15H24N2O4. The number of amides is 1. The lowest BCUT2D eigenvalue weighted by Gasteiger charge is -2.32. The Morgan fingerprint density at radius 1 is 1.38 bits per heavy atom. The van der Waals surface area contributed by atoms with Crippen LogP contribution >= 0.6 is 0 Å². The molecule has 0 aliphatic carbocycles. The number of carboxylic acid groups (broad SMARTS) is 1. The third-order valence-electron chi connectivity index (χ3n) is 3.55. The molecule has 0 spiro atoms. The minimum Gasteiger partial charge on any atom is -0.481 e. The van der Waals surface area contributed by atoms with Crippen molar-refractivity contribution in [1.29, 1.82) is 0 Å². The van der Waals surface area contributed by atoms with E-state index in [4.69, 9.17) is 9.63 Å². The first-order chi connectivity index (χ1) is 9.58. The summed E-state index contributed by atoms with van der Waals surface area (Å²) in [6.07, 6.45) is 0.309. The molecule has 6 nitrogen and oxygen atoms in total. The molecule has 1 unspecified atom stereocenters. The van der Waals surface area contributed by atoms with Crippen LogP contribution in [0.1, 0.15) is 45.1 Å². The lowest BCUT2D eigenvalue weighted by atomic mass is 9.77. The minimum absolute atomic E-state index is 0.197. The van der Waals surface area contributed by atoms with E-state index >= 15 is 0 Å². The third-order valence-corrected chi connectivity index (χ3v) is 3.55. The number of carbonyl (C=O) groups excluding carboxylic acids is 1. The summed E-state index contributed by atoms with van der Waals surface area (Å²) in [7, 11) is 1.63. The van der Waals surface area contributed by atoms with Crippen LogP contribution in [0.15, 0.2) is 4.52 Å². The highest BCUT2D eigenvalue weighted by molar-refractivity contribution is 5.99. The average Bonchev–Trinajstić information content (AvgIpc) is 2.65. The predicted molar refractivity (Wildman–Crippen MR) is 79.2 cm³/mol. The molecule has 21 heavy (non-hydrogen) atoms. The Labute approximate surface area is 125 Å². The highest BCUT2D eigenvalue weighted by atomic mass is 16.5. The van der Waals surface area contributed by atoms with Gasteiger partial charge in [-0.15, -0.1) is 0 Å². The number of carboxylic acids is 1. The molecular weight excluding hydrogens is 272 g/mol. The average molecular weight is 296 g/mol. The summed E-state index contributed by atoms with van der Waals surface area (Å²) in [5.41, 5.74) is 0.274. The van der Waals surface area contributed by atoms with Gasteiger partial charge in [-0.25, -0.2) is 0 Å². The molecule has 1 aromatic rings. The molecule has 1 aromatic heterocycles. The maximum absolute atomic E-state index is 12.8. The van der Waals surface area contributed by atoms with Gasteiger partial charge in [-0.1, -0.05) is 25.9 Å². The van der Waals surface area contributed by atoms with Crippen LogP contribution in [0.3, 0.4) is 0 Å². The Balaban J connectivity index is 3.13. The number of aromatic nitrogens is 1. The first-order valence-electron chi connectivity index (χ1n) is 7.01. The molecule has 1 amide bonds. The number of hydrogen-bond donors (Lipinski definition) is 1. The summed E-state index contributed by atoms with van der Waals surface area (Å²) in [5, 5.41) is 13.0. The van der Waals surface area contributed by atoms with Crippen LogP contribution in [-0.4, -0.2) is 29.2 Å². The fraction of sp³-hybridized carbons (Fsp3) is 0.667. The largest absolute Gasteiger partial charge is 0.481 e. The zero-order chi connectivity index (χ0) is 16.4. The van der Waals surface area contributed by atoms with Crippen molar-refractivity contribution >= 4 is 17.6 Å². The van der Waals surface area contributed by atoms with Gasteiger partial charge in [-0.3, -0.25) is 9.59 Å². The van der Waals surface area contributed by atoms with E-state index in [1.807, 2.05) is 13.8 Å². The highest BCUT2D eigenvalue weighted by Gasteiger charge is 2.39. The zero-order valence-corrected chi connectivity index (χ0v) is 13.6. The maximum Gasteiger partial charge on any atom is 0.304 e. The maximum atomic E-state index is 12.8. The van der Waals surface area contributed by atoms with Crippen molar-refractivity contribution in [3.63, 3.8) is 0 Å². The zero-order valence-electron chi connectivity index (χ0n) is 13.6. The second-order valence-corrected chi connectivity index (χ2v) is 6.27. The molecule has 0 radical (unpaired) electrons. The fourth-order valence-electron chi connectivity index (χ4n) is 2.93. The molecule has 6 heteroatoms. The number of rotatable bonds is 6. The van der Waals surface area contributed by atoms with E-state index in [1.54, 1.807) is 27.8 Å². The molecule has 0 saturated carbocycles. The summed E-state index contributed by atoms with van der Waals surface area (Å²) >= 11 is 0. The summed E-state index contributed by atoms with van der Waals surface area (Å²) in [6, 6.07) is 0. The summed E-state index contributed by atoms with van der Waals surface area (Å²) < 4.78 is 5.08. The van der Waals surface area contributed by atoms with Crippen LogP contribution in [0.25, 0.3) is 0 Å². The molecule has 0 aromatic carbocycles. The Bertz CT molecular complexity index is 516. The normalized spacial score (nSPS) is 14.0. The van der Waals surface area contributed by atoms with Gasteiger partial charge in [0.25, 0.3) is 0 Å². The monoisotopic (exact) mass is 296 g/mol. The molecule has 118 valence electrons. The van der Waals surface area contributed by atoms with Gasteiger partial charge in [0, 0.05) is 7.05 Å². The quantitative estimate of drug-likeness (QED) is 0.872. The third kappa shape index (κ3) is 3.83. The van der Waals surface area contributed by atoms with E-state index in [9.17, 15) is 9.59 Å². The number of anilines is 1. The van der Waals surface area contributed by atoms with Gasteiger partial charge < -0.3 is 14.5 Å². The molecule has 0 fully saturated rings.